The van der Waals surface area contributed by atoms with E-state index in [1.165, 1.54) is 6.33 Å². The molecule has 0 aliphatic heterocycles. The summed E-state index contributed by atoms with van der Waals surface area (Å²) in [7, 11) is -1.39. The molecule has 1 heterocycles. The minimum Gasteiger partial charge on any atom is -0.390 e. The molecule has 2 atom stereocenters. The summed E-state index contributed by atoms with van der Waals surface area (Å²) in [6.45, 7) is 0.557. The summed E-state index contributed by atoms with van der Waals surface area (Å²) in [6.07, 6.45) is 0.487. The average molecular weight is 281 g/mol. The maximum atomic E-state index is 11.7. The minimum atomic E-state index is -1.39. The van der Waals surface area contributed by atoms with Crippen LogP contribution in [0.25, 0.3) is 0 Å². The Morgan fingerprint density at radius 1 is 1.37 bits per heavy atom. The Balaban J connectivity index is 1.70. The lowest BCUT2D eigenvalue weighted by molar-refractivity contribution is 0.0394. The molecule has 7 heteroatoms. The molecule has 0 aliphatic carbocycles. The SMILES string of the molecule is O=[S@](C[C@H](O)COCc1ccccc1)c1ncn[nH]1. The van der Waals surface area contributed by atoms with Crippen molar-refractivity contribution < 1.29 is 14.1 Å². The van der Waals surface area contributed by atoms with Crippen LogP contribution in [0.15, 0.2) is 41.8 Å². The summed E-state index contributed by atoms with van der Waals surface area (Å²) >= 11 is 0. The number of benzene rings is 1. The van der Waals surface area contributed by atoms with Crippen molar-refractivity contribution in [2.45, 2.75) is 17.9 Å². The second-order valence-electron chi connectivity index (χ2n) is 3.96. The summed E-state index contributed by atoms with van der Waals surface area (Å²) in [4.78, 5) is 3.78. The highest BCUT2D eigenvalue weighted by Gasteiger charge is 2.13. The number of aromatic nitrogens is 3. The molecule has 0 unspecified atom stereocenters. The number of nitrogens with one attached hydrogen (secondary N) is 1. The molecule has 0 saturated heterocycles. The van der Waals surface area contributed by atoms with Gasteiger partial charge < -0.3 is 9.84 Å². The van der Waals surface area contributed by atoms with Crippen LogP contribution in [0.5, 0.6) is 0 Å². The van der Waals surface area contributed by atoms with Gasteiger partial charge >= 0.3 is 0 Å². The molecule has 0 saturated carbocycles. The summed E-state index contributed by atoms with van der Waals surface area (Å²) in [5.74, 6) is 0.0734. The van der Waals surface area contributed by atoms with E-state index in [1.807, 2.05) is 30.3 Å². The summed E-state index contributed by atoms with van der Waals surface area (Å²) in [5.41, 5.74) is 1.03. The molecule has 2 aromatic rings. The van der Waals surface area contributed by atoms with Crippen LogP contribution in [0.2, 0.25) is 0 Å². The van der Waals surface area contributed by atoms with Crippen LogP contribution in [0.3, 0.4) is 0 Å². The van der Waals surface area contributed by atoms with Crippen molar-refractivity contribution in [3.05, 3.63) is 42.2 Å². The van der Waals surface area contributed by atoms with Crippen molar-refractivity contribution in [2.24, 2.45) is 0 Å². The number of hydrogen-bond acceptors (Lipinski definition) is 5. The van der Waals surface area contributed by atoms with E-state index in [9.17, 15) is 9.32 Å². The third-order valence-corrected chi connectivity index (χ3v) is 3.69. The van der Waals surface area contributed by atoms with Gasteiger partial charge in [0.2, 0.25) is 5.16 Å². The zero-order chi connectivity index (χ0) is 13.5. The molecule has 0 fully saturated rings. The first-order chi connectivity index (χ1) is 9.25. The van der Waals surface area contributed by atoms with Gasteiger partial charge in [0.25, 0.3) is 0 Å². The van der Waals surface area contributed by atoms with Gasteiger partial charge in [-0.05, 0) is 5.56 Å². The fourth-order valence-corrected chi connectivity index (χ4v) is 2.42. The lowest BCUT2D eigenvalue weighted by Crippen LogP contribution is -2.23. The predicted octanol–water partition coefficient (Wildman–Crippen LogP) is 0.490. The third kappa shape index (κ3) is 4.55. The van der Waals surface area contributed by atoms with E-state index >= 15 is 0 Å². The van der Waals surface area contributed by atoms with Crippen LogP contribution >= 0.6 is 0 Å². The zero-order valence-electron chi connectivity index (χ0n) is 10.2. The van der Waals surface area contributed by atoms with E-state index in [-0.39, 0.29) is 17.5 Å². The van der Waals surface area contributed by atoms with Crippen LogP contribution in [-0.2, 0) is 22.1 Å². The van der Waals surface area contributed by atoms with Crippen molar-refractivity contribution in [3.63, 3.8) is 0 Å². The minimum absolute atomic E-state index is 0.0734. The van der Waals surface area contributed by atoms with Crippen LogP contribution in [0, 0.1) is 0 Å². The number of hydrogen-bond donors (Lipinski definition) is 2. The van der Waals surface area contributed by atoms with Gasteiger partial charge in [-0.3, -0.25) is 9.31 Å². The van der Waals surface area contributed by atoms with E-state index in [4.69, 9.17) is 4.74 Å². The molecule has 0 amide bonds. The first-order valence-corrected chi connectivity index (χ1v) is 7.11. The van der Waals surface area contributed by atoms with Gasteiger partial charge in [0.1, 0.15) is 6.33 Å². The quantitative estimate of drug-likeness (QED) is 0.771. The topological polar surface area (TPSA) is 88.1 Å². The van der Waals surface area contributed by atoms with Crippen molar-refractivity contribution >= 4 is 10.8 Å². The molecular formula is C12H15N3O3S. The van der Waals surface area contributed by atoms with E-state index in [0.29, 0.717) is 6.61 Å². The molecule has 0 bridgehead atoms. The maximum Gasteiger partial charge on any atom is 0.214 e. The van der Waals surface area contributed by atoms with Gasteiger partial charge in [-0.25, -0.2) is 4.98 Å². The Morgan fingerprint density at radius 3 is 2.84 bits per heavy atom. The Morgan fingerprint density at radius 2 is 2.16 bits per heavy atom. The summed E-state index contributed by atoms with van der Waals surface area (Å²) in [5, 5.41) is 16.1. The highest BCUT2D eigenvalue weighted by Crippen LogP contribution is 2.03. The molecule has 0 spiro atoms. The van der Waals surface area contributed by atoms with Gasteiger partial charge in [0.15, 0.2) is 0 Å². The van der Waals surface area contributed by atoms with Crippen LogP contribution in [-0.4, -0.2) is 43.0 Å². The molecule has 0 aliphatic rings. The van der Waals surface area contributed by atoms with Crippen molar-refractivity contribution in [1.82, 2.24) is 15.2 Å². The first kappa shape index (κ1) is 13.9. The number of H-pyrrole nitrogens is 1. The second kappa shape index (κ2) is 7.13. The Bertz CT molecular complexity index is 504. The molecule has 2 rings (SSSR count). The van der Waals surface area contributed by atoms with Gasteiger partial charge in [-0.15, -0.1) is 0 Å². The van der Waals surface area contributed by atoms with Gasteiger partial charge in [0, 0.05) is 0 Å². The Kier molecular flexibility index (Phi) is 5.20. The van der Waals surface area contributed by atoms with Crippen LogP contribution < -0.4 is 0 Å². The largest absolute Gasteiger partial charge is 0.390 e. The highest BCUT2D eigenvalue weighted by molar-refractivity contribution is 7.84. The highest BCUT2D eigenvalue weighted by atomic mass is 32.2. The van der Waals surface area contributed by atoms with Crippen molar-refractivity contribution in [1.29, 1.82) is 0 Å². The molecule has 6 nitrogen and oxygen atoms in total. The molecule has 19 heavy (non-hydrogen) atoms. The smallest absolute Gasteiger partial charge is 0.214 e. The molecular weight excluding hydrogens is 266 g/mol. The fourth-order valence-electron chi connectivity index (χ4n) is 1.49. The van der Waals surface area contributed by atoms with E-state index in [1.54, 1.807) is 0 Å². The number of rotatable bonds is 7. The Hall–Kier alpha value is -1.57. The number of ether oxygens (including phenoxy) is 1. The molecule has 0 radical (unpaired) electrons. The van der Waals surface area contributed by atoms with Crippen molar-refractivity contribution in [3.8, 4) is 0 Å². The second-order valence-corrected chi connectivity index (χ2v) is 5.37. The fraction of sp³-hybridized carbons (Fsp3) is 0.333. The summed E-state index contributed by atoms with van der Waals surface area (Å²) in [6, 6.07) is 9.67. The van der Waals surface area contributed by atoms with Gasteiger partial charge in [-0.1, -0.05) is 30.3 Å². The molecule has 102 valence electrons. The van der Waals surface area contributed by atoms with Crippen LogP contribution in [0.4, 0.5) is 0 Å². The van der Waals surface area contributed by atoms with E-state index in [2.05, 4.69) is 15.2 Å². The van der Waals surface area contributed by atoms with Crippen molar-refractivity contribution in [2.75, 3.05) is 12.4 Å². The molecule has 1 aromatic carbocycles. The monoisotopic (exact) mass is 281 g/mol. The average Bonchev–Trinajstić information content (AvgIpc) is 2.94. The summed E-state index contributed by atoms with van der Waals surface area (Å²) < 4.78 is 17.1. The lowest BCUT2D eigenvalue weighted by Gasteiger charge is -2.10. The van der Waals surface area contributed by atoms with E-state index < -0.39 is 16.9 Å². The number of nitrogens with zero attached hydrogens (tertiary/aromatic N) is 2. The number of aliphatic hydroxyl groups excluding tert-OH is 1. The standard InChI is InChI=1S/C12H15N3O3S/c16-11(8-19(17)12-13-9-14-15-12)7-18-6-10-4-2-1-3-5-10/h1-5,9,11,16H,6-8H2,(H,13,14,15)/t11-,19-/m1/s1. The third-order valence-electron chi connectivity index (χ3n) is 2.37. The maximum absolute atomic E-state index is 11.7. The normalized spacial score (nSPS) is 14.2. The number of aliphatic hydroxyl groups is 1. The predicted molar refractivity (Wildman–Crippen MR) is 69.8 cm³/mol. The molecule has 1 aromatic heterocycles. The van der Waals surface area contributed by atoms with Crippen LogP contribution in [0.1, 0.15) is 5.56 Å². The lowest BCUT2D eigenvalue weighted by atomic mass is 10.2. The van der Waals surface area contributed by atoms with E-state index in [0.717, 1.165) is 5.56 Å². The van der Waals surface area contributed by atoms with Gasteiger partial charge in [-0.2, -0.15) is 5.10 Å². The number of aromatic amines is 1. The molecule has 2 N–H and O–H groups in total. The first-order valence-electron chi connectivity index (χ1n) is 5.79. The zero-order valence-corrected chi connectivity index (χ0v) is 11.0. The Labute approximate surface area is 113 Å². The van der Waals surface area contributed by atoms with Gasteiger partial charge in [0.05, 0.1) is 35.9 Å².